The first-order valence-electron chi connectivity index (χ1n) is 7.16. The van der Waals surface area contributed by atoms with E-state index in [-0.39, 0.29) is 19.2 Å². The molecule has 0 amide bonds. The van der Waals surface area contributed by atoms with Crippen LogP contribution in [0.2, 0.25) is 0 Å². The molecule has 0 fully saturated rings. The topological polar surface area (TPSA) is 105 Å². The van der Waals surface area contributed by atoms with Crippen LogP contribution in [0.3, 0.4) is 0 Å². The number of imidazole rings is 1. The molecule has 0 saturated heterocycles. The van der Waals surface area contributed by atoms with Crippen LogP contribution in [0.4, 0.5) is 0 Å². The van der Waals surface area contributed by atoms with Gasteiger partial charge in [-0.3, -0.25) is 14.2 Å². The van der Waals surface area contributed by atoms with Gasteiger partial charge in [-0.05, 0) is 6.26 Å². The molecular weight excluding hydrogens is 336 g/mol. The molecule has 1 atom stereocenters. The van der Waals surface area contributed by atoms with Crippen LogP contribution in [0.1, 0.15) is 26.7 Å². The van der Waals surface area contributed by atoms with Crippen molar-refractivity contribution in [3.8, 4) is 0 Å². The number of ether oxygens (including phenoxy) is 3. The molecule has 0 saturated carbocycles. The van der Waals surface area contributed by atoms with E-state index in [4.69, 9.17) is 14.2 Å². The van der Waals surface area contributed by atoms with E-state index in [1.54, 1.807) is 0 Å². The number of aromatic nitrogens is 4. The van der Waals surface area contributed by atoms with Crippen molar-refractivity contribution in [3.05, 3.63) is 12.7 Å². The largest absolute Gasteiger partial charge is 0.466 e. The van der Waals surface area contributed by atoms with Crippen molar-refractivity contribution in [2.45, 2.75) is 31.7 Å². The normalized spacial score (nSPS) is 12.1. The second-order valence-corrected chi connectivity index (χ2v) is 5.48. The maximum Gasteiger partial charge on any atom is 0.306 e. The van der Waals surface area contributed by atoms with Gasteiger partial charge >= 0.3 is 11.9 Å². The number of carbonyl (C=O) groups is 2. The molecule has 0 aliphatic rings. The summed E-state index contributed by atoms with van der Waals surface area (Å²) in [6, 6.07) is 0. The van der Waals surface area contributed by atoms with Crippen LogP contribution >= 0.6 is 11.8 Å². The third kappa shape index (κ3) is 4.65. The SMILES string of the molecule is CSc1ncnc2c1ncn2C(OCCCOC(C)=O)OC(C)=O. The molecule has 0 aromatic carbocycles. The summed E-state index contributed by atoms with van der Waals surface area (Å²) < 4.78 is 17.1. The summed E-state index contributed by atoms with van der Waals surface area (Å²) in [5.41, 5.74) is 1.10. The third-order valence-corrected chi connectivity index (χ3v) is 3.55. The molecule has 2 aromatic rings. The molecule has 10 heteroatoms. The number of thioether (sulfide) groups is 1. The van der Waals surface area contributed by atoms with Crippen molar-refractivity contribution in [2.24, 2.45) is 0 Å². The zero-order valence-corrected chi connectivity index (χ0v) is 14.4. The predicted molar refractivity (Wildman–Crippen MR) is 85.1 cm³/mol. The lowest BCUT2D eigenvalue weighted by Gasteiger charge is -2.18. The Morgan fingerprint density at radius 3 is 2.67 bits per heavy atom. The van der Waals surface area contributed by atoms with Crippen molar-refractivity contribution in [3.63, 3.8) is 0 Å². The molecule has 0 spiro atoms. The third-order valence-electron chi connectivity index (χ3n) is 2.87. The lowest BCUT2D eigenvalue weighted by atomic mass is 10.5. The molecule has 0 aliphatic carbocycles. The van der Waals surface area contributed by atoms with E-state index in [1.165, 1.54) is 42.8 Å². The van der Waals surface area contributed by atoms with Crippen LogP contribution in [-0.4, -0.2) is 50.9 Å². The molecule has 0 N–H and O–H groups in total. The Morgan fingerprint density at radius 1 is 1.21 bits per heavy atom. The number of hydrogen-bond acceptors (Lipinski definition) is 9. The number of carbonyl (C=O) groups excluding carboxylic acids is 2. The van der Waals surface area contributed by atoms with Gasteiger partial charge in [0, 0.05) is 20.3 Å². The smallest absolute Gasteiger partial charge is 0.306 e. The van der Waals surface area contributed by atoms with Crippen molar-refractivity contribution < 1.29 is 23.8 Å². The molecule has 9 nitrogen and oxygen atoms in total. The quantitative estimate of drug-likeness (QED) is 0.229. The first kappa shape index (κ1) is 18.1. The summed E-state index contributed by atoms with van der Waals surface area (Å²) in [5.74, 6) is -0.852. The number of rotatable bonds is 8. The summed E-state index contributed by atoms with van der Waals surface area (Å²) >= 11 is 1.44. The molecule has 1 unspecified atom stereocenters. The van der Waals surface area contributed by atoms with Gasteiger partial charge in [-0.25, -0.2) is 15.0 Å². The van der Waals surface area contributed by atoms with Crippen LogP contribution in [0, 0.1) is 0 Å². The van der Waals surface area contributed by atoms with E-state index in [9.17, 15) is 9.59 Å². The average Bonchev–Trinajstić information content (AvgIpc) is 2.96. The summed E-state index contributed by atoms with van der Waals surface area (Å²) in [6.45, 7) is 3.08. The summed E-state index contributed by atoms with van der Waals surface area (Å²) in [5, 5.41) is 0.718. The number of esters is 2. The highest BCUT2D eigenvalue weighted by atomic mass is 32.2. The zero-order valence-electron chi connectivity index (χ0n) is 13.6. The van der Waals surface area contributed by atoms with Gasteiger partial charge in [0.05, 0.1) is 13.2 Å². The van der Waals surface area contributed by atoms with E-state index in [2.05, 4.69) is 15.0 Å². The van der Waals surface area contributed by atoms with E-state index in [0.29, 0.717) is 17.6 Å². The Hall–Kier alpha value is -2.20. The van der Waals surface area contributed by atoms with Crippen molar-refractivity contribution in [1.82, 2.24) is 19.5 Å². The van der Waals surface area contributed by atoms with Gasteiger partial charge in [0.2, 0.25) is 0 Å². The van der Waals surface area contributed by atoms with E-state index in [0.717, 1.165) is 5.03 Å². The van der Waals surface area contributed by atoms with Crippen LogP contribution < -0.4 is 0 Å². The van der Waals surface area contributed by atoms with Gasteiger partial charge in [-0.1, -0.05) is 0 Å². The van der Waals surface area contributed by atoms with Crippen LogP contribution in [0.5, 0.6) is 0 Å². The molecule has 2 rings (SSSR count). The Bertz CT molecular complexity index is 720. The molecule has 0 radical (unpaired) electrons. The van der Waals surface area contributed by atoms with E-state index in [1.807, 2.05) is 6.26 Å². The fraction of sp³-hybridized carbons (Fsp3) is 0.500. The highest BCUT2D eigenvalue weighted by molar-refractivity contribution is 7.98. The maximum atomic E-state index is 11.3. The number of nitrogens with zero attached hydrogens (tertiary/aromatic N) is 4. The van der Waals surface area contributed by atoms with Crippen LogP contribution in [0.25, 0.3) is 11.2 Å². The highest BCUT2D eigenvalue weighted by Gasteiger charge is 2.20. The molecule has 130 valence electrons. The Kier molecular flexibility index (Phi) is 6.50. The fourth-order valence-corrected chi connectivity index (χ4v) is 2.40. The molecule has 24 heavy (non-hydrogen) atoms. The van der Waals surface area contributed by atoms with Gasteiger partial charge < -0.3 is 14.2 Å². The minimum Gasteiger partial charge on any atom is -0.466 e. The van der Waals surface area contributed by atoms with E-state index >= 15 is 0 Å². The van der Waals surface area contributed by atoms with Gasteiger partial charge in [0.25, 0.3) is 6.41 Å². The number of fused-ring (bicyclic) bond motifs is 1. The van der Waals surface area contributed by atoms with Crippen LogP contribution in [0.15, 0.2) is 17.7 Å². The van der Waals surface area contributed by atoms with Gasteiger partial charge in [-0.15, -0.1) is 11.8 Å². The summed E-state index contributed by atoms with van der Waals surface area (Å²) in [7, 11) is 0. The van der Waals surface area contributed by atoms with Crippen molar-refractivity contribution in [2.75, 3.05) is 19.5 Å². The predicted octanol–water partition coefficient (Wildman–Crippen LogP) is 1.54. The molecule has 0 bridgehead atoms. The molecule has 2 aromatic heterocycles. The summed E-state index contributed by atoms with van der Waals surface area (Å²) in [6.07, 6.45) is 4.25. The zero-order chi connectivity index (χ0) is 17.5. The van der Waals surface area contributed by atoms with Crippen molar-refractivity contribution in [1.29, 1.82) is 0 Å². The maximum absolute atomic E-state index is 11.3. The standard InChI is InChI=1S/C14H18N4O5S/c1-9(19)21-5-4-6-22-14(23-10(2)20)18-8-17-11-12(18)15-7-16-13(11)24-3/h7-8,14H,4-6H2,1-3H3. The van der Waals surface area contributed by atoms with Gasteiger partial charge in [0.1, 0.15) is 23.2 Å². The summed E-state index contributed by atoms with van der Waals surface area (Å²) in [4.78, 5) is 34.6. The highest BCUT2D eigenvalue weighted by Crippen LogP contribution is 2.24. The van der Waals surface area contributed by atoms with Gasteiger partial charge in [-0.2, -0.15) is 0 Å². The Labute approximate surface area is 142 Å². The monoisotopic (exact) mass is 354 g/mol. The number of hydrogen-bond donors (Lipinski definition) is 0. The molecule has 0 aliphatic heterocycles. The lowest BCUT2D eigenvalue weighted by molar-refractivity contribution is -0.200. The average molecular weight is 354 g/mol. The lowest BCUT2D eigenvalue weighted by Crippen LogP contribution is -2.20. The second kappa shape index (κ2) is 8.60. The molecular formula is C14H18N4O5S. The Morgan fingerprint density at radius 2 is 2.00 bits per heavy atom. The fourth-order valence-electron chi connectivity index (χ4n) is 1.91. The van der Waals surface area contributed by atoms with Crippen LogP contribution in [-0.2, 0) is 23.8 Å². The minimum atomic E-state index is -1.01. The van der Waals surface area contributed by atoms with Gasteiger partial charge in [0.15, 0.2) is 5.65 Å². The van der Waals surface area contributed by atoms with Crippen molar-refractivity contribution >= 4 is 34.9 Å². The van der Waals surface area contributed by atoms with E-state index < -0.39 is 12.4 Å². The second-order valence-electron chi connectivity index (χ2n) is 4.69. The first-order valence-corrected chi connectivity index (χ1v) is 8.39. The molecule has 2 heterocycles. The minimum absolute atomic E-state index is 0.228. The first-order chi connectivity index (χ1) is 11.5. The Balaban J connectivity index is 2.13.